The van der Waals surface area contributed by atoms with E-state index in [1.165, 1.54) is 0 Å². The highest BCUT2D eigenvalue weighted by Crippen LogP contribution is 2.37. The molecule has 1 aliphatic rings. The van der Waals surface area contributed by atoms with Crippen molar-refractivity contribution in [3.05, 3.63) is 22.4 Å². The lowest BCUT2D eigenvalue weighted by molar-refractivity contribution is 0.00578. The fraction of sp³-hybridized carbons (Fsp3) is 0.643. The first-order valence-electron chi connectivity index (χ1n) is 6.77. The predicted octanol–water partition coefficient (Wildman–Crippen LogP) is 3.10. The second kappa shape index (κ2) is 5.19. The highest BCUT2D eigenvalue weighted by Gasteiger charge is 2.52. The van der Waals surface area contributed by atoms with Gasteiger partial charge in [-0.25, -0.2) is 0 Å². The number of rotatable bonds is 3. The van der Waals surface area contributed by atoms with Crippen molar-refractivity contribution in [2.75, 3.05) is 0 Å². The molecule has 0 bridgehead atoms. The summed E-state index contributed by atoms with van der Waals surface area (Å²) in [5.74, 6) is 0. The Morgan fingerprint density at radius 1 is 1.21 bits per heavy atom. The smallest absolute Gasteiger partial charge is 0.399 e. The minimum atomic E-state index is -0.335. The molecule has 1 saturated heterocycles. The SMILES string of the molecule is CCCc1nccc(B2OC(C)(C)C(C)(C)O2)c1Br. The highest BCUT2D eigenvalue weighted by molar-refractivity contribution is 9.10. The standard InChI is InChI=1S/C14H21BBrNO2/c1-6-7-11-12(16)10(8-9-17-11)15-18-13(2,3)14(4,5)19-15/h8-9H,6-7H2,1-5H3. The van der Waals surface area contributed by atoms with Crippen LogP contribution in [0.1, 0.15) is 46.7 Å². The van der Waals surface area contributed by atoms with E-state index in [0.29, 0.717) is 0 Å². The van der Waals surface area contributed by atoms with Crippen LogP contribution in [0.5, 0.6) is 0 Å². The Morgan fingerprint density at radius 3 is 2.32 bits per heavy atom. The van der Waals surface area contributed by atoms with E-state index in [1.54, 1.807) is 0 Å². The van der Waals surface area contributed by atoms with Gasteiger partial charge in [0.05, 0.1) is 16.9 Å². The van der Waals surface area contributed by atoms with E-state index >= 15 is 0 Å². The summed E-state index contributed by atoms with van der Waals surface area (Å²) in [5, 5.41) is 0. The van der Waals surface area contributed by atoms with Crippen molar-refractivity contribution >= 4 is 28.5 Å². The first-order valence-corrected chi connectivity index (χ1v) is 7.56. The van der Waals surface area contributed by atoms with Crippen LogP contribution < -0.4 is 5.46 Å². The molecule has 0 spiro atoms. The van der Waals surface area contributed by atoms with Gasteiger partial charge in [0.2, 0.25) is 0 Å². The maximum atomic E-state index is 6.08. The molecule has 2 heterocycles. The Hall–Kier alpha value is -0.385. The Labute approximate surface area is 124 Å². The maximum absolute atomic E-state index is 6.08. The van der Waals surface area contributed by atoms with E-state index < -0.39 is 0 Å². The Bertz CT molecular complexity index is 461. The van der Waals surface area contributed by atoms with Gasteiger partial charge in [0.1, 0.15) is 0 Å². The summed E-state index contributed by atoms with van der Waals surface area (Å²) in [5.41, 5.74) is 1.46. The van der Waals surface area contributed by atoms with Gasteiger partial charge in [-0.3, -0.25) is 4.98 Å². The third kappa shape index (κ3) is 2.74. The quantitative estimate of drug-likeness (QED) is 0.800. The molecule has 0 radical (unpaired) electrons. The zero-order valence-corrected chi connectivity index (χ0v) is 13.9. The van der Waals surface area contributed by atoms with Gasteiger partial charge in [0.25, 0.3) is 0 Å². The van der Waals surface area contributed by atoms with E-state index in [4.69, 9.17) is 9.31 Å². The molecule has 5 heteroatoms. The molecule has 1 aliphatic heterocycles. The molecule has 0 saturated carbocycles. The van der Waals surface area contributed by atoms with Crippen molar-refractivity contribution in [3.8, 4) is 0 Å². The van der Waals surface area contributed by atoms with E-state index in [9.17, 15) is 0 Å². The summed E-state index contributed by atoms with van der Waals surface area (Å²) in [6.45, 7) is 10.4. The minimum absolute atomic E-state index is 0.314. The summed E-state index contributed by atoms with van der Waals surface area (Å²) in [6, 6.07) is 1.96. The van der Waals surface area contributed by atoms with Crippen LogP contribution in [0.3, 0.4) is 0 Å². The second-order valence-electron chi connectivity index (χ2n) is 6.00. The summed E-state index contributed by atoms with van der Waals surface area (Å²) in [7, 11) is -0.335. The molecule has 1 fully saturated rings. The van der Waals surface area contributed by atoms with Crippen LogP contribution in [0.25, 0.3) is 0 Å². The van der Waals surface area contributed by atoms with Crippen LogP contribution in [-0.4, -0.2) is 23.3 Å². The lowest BCUT2D eigenvalue weighted by atomic mass is 9.79. The van der Waals surface area contributed by atoms with Gasteiger partial charge in [-0.2, -0.15) is 0 Å². The molecule has 19 heavy (non-hydrogen) atoms. The van der Waals surface area contributed by atoms with Gasteiger partial charge in [-0.05, 0) is 61.6 Å². The normalized spacial score (nSPS) is 20.8. The van der Waals surface area contributed by atoms with Crippen LogP contribution >= 0.6 is 15.9 Å². The number of pyridine rings is 1. The average Bonchev–Trinajstić information content (AvgIpc) is 2.51. The number of aryl methyl sites for hydroxylation is 1. The lowest BCUT2D eigenvalue weighted by Crippen LogP contribution is -2.41. The van der Waals surface area contributed by atoms with Crippen molar-refractivity contribution in [1.29, 1.82) is 0 Å². The molecular formula is C14H21BBrNO2. The third-order valence-electron chi connectivity index (χ3n) is 3.99. The molecule has 0 atom stereocenters. The number of hydrogen-bond acceptors (Lipinski definition) is 3. The molecule has 1 aromatic heterocycles. The van der Waals surface area contributed by atoms with Gasteiger partial charge in [-0.15, -0.1) is 0 Å². The van der Waals surface area contributed by atoms with Crippen LogP contribution in [0.15, 0.2) is 16.7 Å². The molecule has 0 N–H and O–H groups in total. The number of aromatic nitrogens is 1. The zero-order chi connectivity index (χ0) is 14.3. The first kappa shape index (κ1) is 15.0. The fourth-order valence-corrected chi connectivity index (χ4v) is 2.69. The number of hydrogen-bond donors (Lipinski definition) is 0. The van der Waals surface area contributed by atoms with Crippen LogP contribution in [0.4, 0.5) is 0 Å². The number of nitrogens with zero attached hydrogens (tertiary/aromatic N) is 1. The molecule has 2 rings (SSSR count). The van der Waals surface area contributed by atoms with Gasteiger partial charge in [-0.1, -0.05) is 13.3 Å². The second-order valence-corrected chi connectivity index (χ2v) is 6.79. The first-order chi connectivity index (χ1) is 8.78. The monoisotopic (exact) mass is 325 g/mol. The summed E-state index contributed by atoms with van der Waals surface area (Å²) in [4.78, 5) is 4.41. The number of halogens is 1. The summed E-state index contributed by atoms with van der Waals surface area (Å²) < 4.78 is 13.2. The zero-order valence-electron chi connectivity index (χ0n) is 12.3. The molecule has 0 aromatic carbocycles. The molecule has 0 unspecified atom stereocenters. The topological polar surface area (TPSA) is 31.4 Å². The van der Waals surface area contributed by atoms with E-state index in [1.807, 2.05) is 12.3 Å². The molecular weight excluding hydrogens is 305 g/mol. The minimum Gasteiger partial charge on any atom is -0.399 e. The largest absolute Gasteiger partial charge is 0.496 e. The third-order valence-corrected chi connectivity index (χ3v) is 4.90. The summed E-state index contributed by atoms with van der Waals surface area (Å²) in [6.07, 6.45) is 3.85. The maximum Gasteiger partial charge on any atom is 0.496 e. The van der Waals surface area contributed by atoms with Crippen molar-refractivity contribution in [1.82, 2.24) is 4.98 Å². The van der Waals surface area contributed by atoms with Crippen molar-refractivity contribution in [2.24, 2.45) is 0 Å². The van der Waals surface area contributed by atoms with Crippen LogP contribution in [-0.2, 0) is 15.7 Å². The van der Waals surface area contributed by atoms with Gasteiger partial charge >= 0.3 is 7.12 Å². The van der Waals surface area contributed by atoms with Crippen molar-refractivity contribution < 1.29 is 9.31 Å². The van der Waals surface area contributed by atoms with Crippen molar-refractivity contribution in [2.45, 2.75) is 58.7 Å². The van der Waals surface area contributed by atoms with E-state index in [-0.39, 0.29) is 18.3 Å². The highest BCUT2D eigenvalue weighted by atomic mass is 79.9. The molecule has 0 aliphatic carbocycles. The van der Waals surface area contributed by atoms with Crippen LogP contribution in [0, 0.1) is 0 Å². The fourth-order valence-electron chi connectivity index (χ4n) is 2.07. The van der Waals surface area contributed by atoms with Gasteiger partial charge < -0.3 is 9.31 Å². The predicted molar refractivity (Wildman–Crippen MR) is 81.6 cm³/mol. The Morgan fingerprint density at radius 2 is 1.79 bits per heavy atom. The average molecular weight is 326 g/mol. The van der Waals surface area contributed by atoms with Gasteiger partial charge in [0, 0.05) is 10.7 Å². The molecule has 1 aromatic rings. The van der Waals surface area contributed by atoms with Gasteiger partial charge in [0.15, 0.2) is 0 Å². The molecule has 3 nitrogen and oxygen atoms in total. The Kier molecular flexibility index (Phi) is 4.10. The summed E-state index contributed by atoms with van der Waals surface area (Å²) >= 11 is 3.64. The van der Waals surface area contributed by atoms with Crippen LogP contribution in [0.2, 0.25) is 0 Å². The Balaban J connectivity index is 2.32. The molecule has 0 amide bonds. The van der Waals surface area contributed by atoms with Crippen molar-refractivity contribution in [3.63, 3.8) is 0 Å². The molecule has 104 valence electrons. The van der Waals surface area contributed by atoms with E-state index in [2.05, 4.69) is 55.5 Å². The lowest BCUT2D eigenvalue weighted by Gasteiger charge is -2.32. The van der Waals surface area contributed by atoms with E-state index in [0.717, 1.165) is 28.5 Å².